The highest BCUT2D eigenvalue weighted by Crippen LogP contribution is 2.28. The number of aromatic nitrogens is 1. The average molecular weight is 233 g/mol. The molecule has 0 aliphatic carbocycles. The van der Waals surface area contributed by atoms with Gasteiger partial charge >= 0.3 is 0 Å². The Bertz CT molecular complexity index is 549. The highest BCUT2D eigenvalue weighted by atomic mass is 32.1. The molecule has 16 heavy (non-hydrogen) atoms. The van der Waals surface area contributed by atoms with Crippen LogP contribution in [0.4, 0.5) is 0 Å². The lowest BCUT2D eigenvalue weighted by molar-refractivity contribution is 0.0858. The Kier molecular flexibility index (Phi) is 2.58. The Balaban J connectivity index is 2.52. The maximum atomic E-state index is 12.1. The van der Waals surface area contributed by atoms with Crippen molar-refractivity contribution in [3.05, 3.63) is 28.8 Å². The number of Topliss-reactive ketones (excluding diaryl/α,β-unsaturated/α-hetero) is 1. The van der Waals surface area contributed by atoms with Crippen molar-refractivity contribution >= 4 is 27.3 Å². The number of hydrogen-bond acceptors (Lipinski definition) is 3. The summed E-state index contributed by atoms with van der Waals surface area (Å²) in [4.78, 5) is 16.5. The number of rotatable bonds is 1. The molecule has 2 nitrogen and oxygen atoms in total. The average Bonchev–Trinajstić information content (AvgIpc) is 2.57. The van der Waals surface area contributed by atoms with Gasteiger partial charge in [0.15, 0.2) is 10.8 Å². The summed E-state index contributed by atoms with van der Waals surface area (Å²) in [7, 11) is 0. The fraction of sp³-hybridized carbons (Fsp3) is 0.385. The van der Waals surface area contributed by atoms with Gasteiger partial charge in [-0.15, -0.1) is 11.3 Å². The largest absolute Gasteiger partial charge is 0.291 e. The molecule has 0 N–H and O–H groups in total. The minimum absolute atomic E-state index is 0.117. The maximum Gasteiger partial charge on any atom is 0.196 e. The molecule has 0 bridgehead atoms. The SMILES string of the molecule is Cc1ccc2sc(C(=O)C(C)(C)C)nc2c1. The second-order valence-electron chi connectivity index (χ2n) is 5.07. The summed E-state index contributed by atoms with van der Waals surface area (Å²) in [6.45, 7) is 7.80. The van der Waals surface area contributed by atoms with E-state index in [0.717, 1.165) is 10.2 Å². The van der Waals surface area contributed by atoms with Gasteiger partial charge in [-0.2, -0.15) is 0 Å². The van der Waals surface area contributed by atoms with Gasteiger partial charge in [-0.05, 0) is 24.6 Å². The summed E-state index contributed by atoms with van der Waals surface area (Å²) < 4.78 is 1.08. The molecule has 0 spiro atoms. The van der Waals surface area contributed by atoms with Gasteiger partial charge in [-0.3, -0.25) is 4.79 Å². The Morgan fingerprint density at radius 2 is 2.00 bits per heavy atom. The highest BCUT2D eigenvalue weighted by molar-refractivity contribution is 7.20. The number of thiazole rings is 1. The van der Waals surface area contributed by atoms with Crippen LogP contribution in [0.25, 0.3) is 10.2 Å². The molecule has 0 aliphatic rings. The van der Waals surface area contributed by atoms with E-state index in [1.165, 1.54) is 16.9 Å². The van der Waals surface area contributed by atoms with E-state index in [-0.39, 0.29) is 11.2 Å². The van der Waals surface area contributed by atoms with E-state index >= 15 is 0 Å². The first-order valence-corrected chi connectivity index (χ1v) is 6.11. The van der Waals surface area contributed by atoms with Crippen molar-refractivity contribution in [3.63, 3.8) is 0 Å². The Hall–Kier alpha value is -1.22. The van der Waals surface area contributed by atoms with Gasteiger partial charge < -0.3 is 0 Å². The van der Waals surface area contributed by atoms with E-state index in [9.17, 15) is 4.79 Å². The van der Waals surface area contributed by atoms with Crippen molar-refractivity contribution in [3.8, 4) is 0 Å². The summed E-state index contributed by atoms with van der Waals surface area (Å²) >= 11 is 1.48. The molecule has 0 aliphatic heterocycles. The molecule has 1 aromatic heterocycles. The quantitative estimate of drug-likeness (QED) is 0.701. The van der Waals surface area contributed by atoms with Gasteiger partial charge in [0.2, 0.25) is 0 Å². The molecule has 0 fully saturated rings. The molecule has 84 valence electrons. The molecule has 0 radical (unpaired) electrons. The van der Waals surface area contributed by atoms with Gasteiger partial charge in [-0.25, -0.2) is 4.98 Å². The molecule has 0 saturated heterocycles. The van der Waals surface area contributed by atoms with Crippen LogP contribution in [0.5, 0.6) is 0 Å². The number of carbonyl (C=O) groups excluding carboxylic acids is 1. The summed E-state index contributed by atoms with van der Waals surface area (Å²) in [5.41, 5.74) is 1.74. The molecule has 0 amide bonds. The van der Waals surface area contributed by atoms with Gasteiger partial charge in [0.1, 0.15) is 0 Å². The fourth-order valence-corrected chi connectivity index (χ4v) is 2.55. The predicted octanol–water partition coefficient (Wildman–Crippen LogP) is 3.83. The smallest absolute Gasteiger partial charge is 0.196 e. The van der Waals surface area contributed by atoms with E-state index < -0.39 is 0 Å². The molecule has 1 heterocycles. The van der Waals surface area contributed by atoms with Gasteiger partial charge in [0, 0.05) is 5.41 Å². The second kappa shape index (κ2) is 3.67. The number of ketones is 1. The number of carbonyl (C=O) groups is 1. The monoisotopic (exact) mass is 233 g/mol. The topological polar surface area (TPSA) is 30.0 Å². The van der Waals surface area contributed by atoms with E-state index in [1.807, 2.05) is 45.9 Å². The van der Waals surface area contributed by atoms with Crippen molar-refractivity contribution in [2.45, 2.75) is 27.7 Å². The molecule has 0 saturated carbocycles. The number of nitrogens with zero attached hydrogens (tertiary/aromatic N) is 1. The third kappa shape index (κ3) is 2.00. The van der Waals surface area contributed by atoms with Crippen molar-refractivity contribution in [1.82, 2.24) is 4.98 Å². The van der Waals surface area contributed by atoms with E-state index in [2.05, 4.69) is 4.98 Å². The fourth-order valence-electron chi connectivity index (χ4n) is 1.46. The summed E-state index contributed by atoms with van der Waals surface area (Å²) in [6, 6.07) is 6.10. The van der Waals surface area contributed by atoms with Crippen LogP contribution in [0.1, 0.15) is 36.1 Å². The van der Waals surface area contributed by atoms with Crippen LogP contribution in [-0.4, -0.2) is 10.8 Å². The van der Waals surface area contributed by atoms with Crippen molar-refractivity contribution in [1.29, 1.82) is 0 Å². The number of hydrogen-bond donors (Lipinski definition) is 0. The first-order chi connectivity index (χ1) is 7.38. The maximum absolute atomic E-state index is 12.1. The Morgan fingerprint density at radius 3 is 2.62 bits per heavy atom. The molecule has 0 unspecified atom stereocenters. The zero-order chi connectivity index (χ0) is 11.9. The van der Waals surface area contributed by atoms with Gasteiger partial charge in [0.05, 0.1) is 10.2 Å². The third-order valence-corrected chi connectivity index (χ3v) is 3.45. The van der Waals surface area contributed by atoms with Crippen LogP contribution in [0, 0.1) is 12.3 Å². The van der Waals surface area contributed by atoms with E-state index in [4.69, 9.17) is 0 Å². The Labute approximate surface area is 99.3 Å². The lowest BCUT2D eigenvalue weighted by Gasteiger charge is -2.13. The van der Waals surface area contributed by atoms with Crippen LogP contribution >= 0.6 is 11.3 Å². The number of fused-ring (bicyclic) bond motifs is 1. The molecule has 3 heteroatoms. The molecule has 2 rings (SSSR count). The highest BCUT2D eigenvalue weighted by Gasteiger charge is 2.25. The summed E-state index contributed by atoms with van der Waals surface area (Å²) in [6.07, 6.45) is 0. The van der Waals surface area contributed by atoms with Crippen molar-refractivity contribution in [2.75, 3.05) is 0 Å². The van der Waals surface area contributed by atoms with E-state index in [1.54, 1.807) is 0 Å². The third-order valence-electron chi connectivity index (χ3n) is 2.42. The first kappa shape index (κ1) is 11.3. The zero-order valence-corrected chi connectivity index (χ0v) is 10.8. The van der Waals surface area contributed by atoms with Gasteiger partial charge in [-0.1, -0.05) is 26.8 Å². The lowest BCUT2D eigenvalue weighted by atomic mass is 9.91. The van der Waals surface area contributed by atoms with Crippen molar-refractivity contribution in [2.24, 2.45) is 5.41 Å². The summed E-state index contributed by atoms with van der Waals surface area (Å²) in [5, 5.41) is 0.619. The first-order valence-electron chi connectivity index (χ1n) is 5.30. The molecular weight excluding hydrogens is 218 g/mol. The van der Waals surface area contributed by atoms with Crippen LogP contribution < -0.4 is 0 Å². The molecule has 2 aromatic rings. The van der Waals surface area contributed by atoms with Gasteiger partial charge in [0.25, 0.3) is 0 Å². The predicted molar refractivity (Wildman–Crippen MR) is 68.1 cm³/mol. The molecule has 0 atom stereocenters. The van der Waals surface area contributed by atoms with Crippen molar-refractivity contribution < 1.29 is 4.79 Å². The molecule has 1 aromatic carbocycles. The minimum atomic E-state index is -0.358. The second-order valence-corrected chi connectivity index (χ2v) is 6.10. The normalized spacial score (nSPS) is 12.0. The standard InChI is InChI=1S/C13H15NOS/c1-8-5-6-10-9(7-8)14-12(16-10)11(15)13(2,3)4/h5-7H,1-4H3. The molecular formula is C13H15NOS. The van der Waals surface area contributed by atoms with Crippen LogP contribution in [0.15, 0.2) is 18.2 Å². The zero-order valence-electron chi connectivity index (χ0n) is 10.00. The van der Waals surface area contributed by atoms with Crippen LogP contribution in [0.3, 0.4) is 0 Å². The lowest BCUT2D eigenvalue weighted by Crippen LogP contribution is -2.19. The number of benzene rings is 1. The minimum Gasteiger partial charge on any atom is -0.291 e. The number of aryl methyl sites for hydroxylation is 1. The Morgan fingerprint density at radius 1 is 1.31 bits per heavy atom. The summed E-state index contributed by atoms with van der Waals surface area (Å²) in [5.74, 6) is 0.117. The van der Waals surface area contributed by atoms with Crippen LogP contribution in [-0.2, 0) is 0 Å². The van der Waals surface area contributed by atoms with E-state index in [0.29, 0.717) is 5.01 Å². The van der Waals surface area contributed by atoms with Crippen LogP contribution in [0.2, 0.25) is 0 Å².